The molecule has 4 rings (SSSR count). The standard InChI is InChI=1S/C26H29NO3S/c1-18-9-11-19(12-10-18)6-4-8-25(28)27-14-13-20-16-22(29-2)23(30-3)17-21(20)26(27)24-7-5-15-31-24/h5,7,9-12,15-17,26H,4,6,8,13-14H2,1-3H3. The number of ether oxygens (including phenoxy) is 2. The summed E-state index contributed by atoms with van der Waals surface area (Å²) in [7, 11) is 3.31. The van der Waals surface area contributed by atoms with Crippen LogP contribution in [0.1, 0.15) is 46.0 Å². The molecule has 4 nitrogen and oxygen atoms in total. The minimum absolute atomic E-state index is 0.0737. The molecule has 0 fully saturated rings. The number of thiophene rings is 1. The summed E-state index contributed by atoms with van der Waals surface area (Å²) in [5, 5.41) is 2.07. The second-order valence-electron chi connectivity index (χ2n) is 8.00. The third-order valence-electron chi connectivity index (χ3n) is 5.98. The van der Waals surface area contributed by atoms with E-state index in [4.69, 9.17) is 9.47 Å². The number of hydrogen-bond donors (Lipinski definition) is 0. The highest BCUT2D eigenvalue weighted by Crippen LogP contribution is 2.42. The second-order valence-corrected chi connectivity index (χ2v) is 8.98. The summed E-state index contributed by atoms with van der Waals surface area (Å²) in [6, 6.07) is 16.8. The summed E-state index contributed by atoms with van der Waals surface area (Å²) in [4.78, 5) is 16.5. The van der Waals surface area contributed by atoms with Crippen molar-refractivity contribution in [3.63, 3.8) is 0 Å². The molecule has 5 heteroatoms. The van der Waals surface area contributed by atoms with Crippen molar-refractivity contribution in [1.29, 1.82) is 0 Å². The minimum atomic E-state index is -0.0737. The minimum Gasteiger partial charge on any atom is -0.493 e. The molecule has 0 N–H and O–H groups in total. The number of rotatable bonds is 7. The van der Waals surface area contributed by atoms with Crippen LogP contribution >= 0.6 is 11.3 Å². The SMILES string of the molecule is COc1cc2c(cc1OC)C(c1cccs1)N(C(=O)CCCc1ccc(C)cc1)CC2. The van der Waals surface area contributed by atoms with Gasteiger partial charge in [-0.3, -0.25) is 4.79 Å². The molecule has 0 saturated carbocycles. The quantitative estimate of drug-likeness (QED) is 0.487. The Morgan fingerprint density at radius 2 is 1.84 bits per heavy atom. The van der Waals surface area contributed by atoms with Gasteiger partial charge in [0.2, 0.25) is 5.91 Å². The van der Waals surface area contributed by atoms with Crippen LogP contribution in [0.5, 0.6) is 11.5 Å². The molecule has 0 radical (unpaired) electrons. The van der Waals surface area contributed by atoms with Crippen LogP contribution in [0.15, 0.2) is 53.9 Å². The monoisotopic (exact) mass is 435 g/mol. The summed E-state index contributed by atoms with van der Waals surface area (Å²) in [5.74, 6) is 1.66. The highest BCUT2D eigenvalue weighted by atomic mass is 32.1. The topological polar surface area (TPSA) is 38.8 Å². The van der Waals surface area contributed by atoms with Crippen LogP contribution in [-0.4, -0.2) is 31.6 Å². The maximum atomic E-state index is 13.3. The van der Waals surface area contributed by atoms with Crippen LogP contribution in [0.2, 0.25) is 0 Å². The summed E-state index contributed by atoms with van der Waals surface area (Å²) < 4.78 is 11.1. The molecular formula is C26H29NO3S. The predicted molar refractivity (Wildman–Crippen MR) is 125 cm³/mol. The van der Waals surface area contributed by atoms with Gasteiger partial charge in [0.1, 0.15) is 0 Å². The fourth-order valence-corrected chi connectivity index (χ4v) is 5.16. The van der Waals surface area contributed by atoms with E-state index in [2.05, 4.69) is 59.7 Å². The number of nitrogens with zero attached hydrogens (tertiary/aromatic N) is 1. The van der Waals surface area contributed by atoms with Crippen LogP contribution in [0.4, 0.5) is 0 Å². The van der Waals surface area contributed by atoms with Crippen LogP contribution in [0, 0.1) is 6.92 Å². The average molecular weight is 436 g/mol. The summed E-state index contributed by atoms with van der Waals surface area (Å²) >= 11 is 1.69. The van der Waals surface area contributed by atoms with Crippen molar-refractivity contribution >= 4 is 17.2 Å². The van der Waals surface area contributed by atoms with E-state index in [1.165, 1.54) is 21.6 Å². The van der Waals surface area contributed by atoms with Crippen molar-refractivity contribution in [1.82, 2.24) is 4.90 Å². The predicted octanol–water partition coefficient (Wildman–Crippen LogP) is 5.57. The fraction of sp³-hybridized carbons (Fsp3) is 0.346. The Balaban J connectivity index is 1.56. The Bertz CT molecular complexity index is 1030. The molecule has 1 aliphatic heterocycles. The molecule has 3 aromatic rings. The fourth-order valence-electron chi connectivity index (χ4n) is 4.31. The van der Waals surface area contributed by atoms with Gasteiger partial charge >= 0.3 is 0 Å². The van der Waals surface area contributed by atoms with Gasteiger partial charge in [-0.15, -0.1) is 11.3 Å². The van der Waals surface area contributed by atoms with Gasteiger partial charge in [-0.2, -0.15) is 0 Å². The van der Waals surface area contributed by atoms with E-state index in [0.717, 1.165) is 30.6 Å². The molecule has 31 heavy (non-hydrogen) atoms. The molecule has 1 atom stereocenters. The van der Waals surface area contributed by atoms with Crippen molar-refractivity contribution in [2.75, 3.05) is 20.8 Å². The maximum absolute atomic E-state index is 13.3. The van der Waals surface area contributed by atoms with Crippen LogP contribution < -0.4 is 9.47 Å². The summed E-state index contributed by atoms with van der Waals surface area (Å²) in [6.07, 6.45) is 3.15. The van der Waals surface area contributed by atoms with E-state index in [-0.39, 0.29) is 11.9 Å². The van der Waals surface area contributed by atoms with Crippen LogP contribution in [0.3, 0.4) is 0 Å². The van der Waals surface area contributed by atoms with Crippen LogP contribution in [-0.2, 0) is 17.6 Å². The van der Waals surface area contributed by atoms with Gasteiger partial charge in [0.15, 0.2) is 11.5 Å². The Morgan fingerprint density at radius 3 is 2.52 bits per heavy atom. The zero-order valence-corrected chi connectivity index (χ0v) is 19.2. The van der Waals surface area contributed by atoms with Gasteiger partial charge in [0.05, 0.1) is 20.3 Å². The number of hydrogen-bond acceptors (Lipinski definition) is 4. The Labute approximate surface area is 188 Å². The lowest BCUT2D eigenvalue weighted by molar-refractivity contribution is -0.133. The van der Waals surface area contributed by atoms with Gasteiger partial charge in [0, 0.05) is 17.8 Å². The Hall–Kier alpha value is -2.79. The van der Waals surface area contributed by atoms with E-state index in [1.807, 2.05) is 6.07 Å². The van der Waals surface area contributed by atoms with E-state index < -0.39 is 0 Å². The first-order valence-electron chi connectivity index (χ1n) is 10.7. The summed E-state index contributed by atoms with van der Waals surface area (Å²) in [5.41, 5.74) is 4.91. The van der Waals surface area contributed by atoms with E-state index in [0.29, 0.717) is 18.7 Å². The van der Waals surface area contributed by atoms with E-state index in [9.17, 15) is 4.79 Å². The average Bonchev–Trinajstić information content (AvgIpc) is 3.33. The molecule has 162 valence electrons. The largest absolute Gasteiger partial charge is 0.493 e. The smallest absolute Gasteiger partial charge is 0.223 e. The number of fused-ring (bicyclic) bond motifs is 1. The lowest BCUT2D eigenvalue weighted by atomic mass is 9.90. The van der Waals surface area contributed by atoms with Crippen molar-refractivity contribution in [2.24, 2.45) is 0 Å². The number of carbonyl (C=O) groups excluding carboxylic acids is 1. The van der Waals surface area contributed by atoms with Gasteiger partial charge in [-0.05, 0) is 66.5 Å². The van der Waals surface area contributed by atoms with Gasteiger partial charge in [-0.25, -0.2) is 0 Å². The van der Waals surface area contributed by atoms with Crippen LogP contribution in [0.25, 0.3) is 0 Å². The molecule has 1 amide bonds. The first-order chi connectivity index (χ1) is 15.1. The van der Waals surface area contributed by atoms with E-state index in [1.54, 1.807) is 25.6 Å². The third kappa shape index (κ3) is 4.62. The normalized spacial score (nSPS) is 15.5. The molecule has 0 aliphatic carbocycles. The molecule has 0 spiro atoms. The molecule has 2 aromatic carbocycles. The molecule has 0 saturated heterocycles. The number of amides is 1. The maximum Gasteiger partial charge on any atom is 0.223 e. The number of carbonyl (C=O) groups is 1. The highest BCUT2D eigenvalue weighted by Gasteiger charge is 2.33. The third-order valence-corrected chi connectivity index (χ3v) is 6.91. The molecule has 0 bridgehead atoms. The van der Waals surface area contributed by atoms with Gasteiger partial charge < -0.3 is 14.4 Å². The first kappa shape index (κ1) is 21.4. The molecule has 2 heterocycles. The van der Waals surface area contributed by atoms with Crippen molar-refractivity contribution in [3.8, 4) is 11.5 Å². The Kier molecular flexibility index (Phi) is 6.62. The Morgan fingerprint density at radius 1 is 1.10 bits per heavy atom. The zero-order valence-electron chi connectivity index (χ0n) is 18.4. The molecule has 1 aliphatic rings. The highest BCUT2D eigenvalue weighted by molar-refractivity contribution is 7.10. The van der Waals surface area contributed by atoms with E-state index >= 15 is 0 Å². The van der Waals surface area contributed by atoms with Gasteiger partial charge in [-0.1, -0.05) is 35.9 Å². The lowest BCUT2D eigenvalue weighted by Crippen LogP contribution is -2.40. The molecular weight excluding hydrogens is 406 g/mol. The first-order valence-corrected chi connectivity index (χ1v) is 11.6. The second kappa shape index (κ2) is 9.56. The van der Waals surface area contributed by atoms with Crippen molar-refractivity contribution in [3.05, 3.63) is 81.0 Å². The number of benzene rings is 2. The van der Waals surface area contributed by atoms with Gasteiger partial charge in [0.25, 0.3) is 0 Å². The summed E-state index contributed by atoms with van der Waals surface area (Å²) in [6.45, 7) is 2.81. The zero-order chi connectivity index (χ0) is 21.8. The lowest BCUT2D eigenvalue weighted by Gasteiger charge is -2.37. The molecule has 1 unspecified atom stereocenters. The molecule has 1 aromatic heterocycles. The number of methoxy groups -OCH3 is 2. The van der Waals surface area contributed by atoms with Crippen molar-refractivity contribution in [2.45, 2.75) is 38.6 Å². The van der Waals surface area contributed by atoms with Crippen molar-refractivity contribution < 1.29 is 14.3 Å². The number of aryl methyl sites for hydroxylation is 2.